The molecule has 0 radical (unpaired) electrons. The molecule has 2 N–H and O–H groups in total. The van der Waals surface area contributed by atoms with Crippen molar-refractivity contribution in [2.75, 3.05) is 27.2 Å². The average Bonchev–Trinajstić information content (AvgIpc) is 2.59. The number of ether oxygens (including phenoxy) is 1. The first-order valence-electron chi connectivity index (χ1n) is 8.77. The Labute approximate surface area is 144 Å². The predicted octanol–water partition coefficient (Wildman–Crippen LogP) is 2.62. The molecule has 1 aliphatic rings. The molecule has 0 unspecified atom stereocenters. The van der Waals surface area contributed by atoms with Gasteiger partial charge in [0.2, 0.25) is 0 Å². The minimum absolute atomic E-state index is 0.146. The third-order valence-corrected chi connectivity index (χ3v) is 4.84. The Morgan fingerprint density at radius 3 is 2.54 bits per heavy atom. The smallest absolute Gasteiger partial charge is 0.305 e. The van der Waals surface area contributed by atoms with Crippen molar-refractivity contribution in [3.63, 3.8) is 0 Å². The second kappa shape index (κ2) is 9.30. The maximum absolute atomic E-state index is 11.1. The van der Waals surface area contributed by atoms with E-state index in [2.05, 4.69) is 50.7 Å². The molecular weight excluding hydrogens is 302 g/mol. The van der Waals surface area contributed by atoms with Crippen LogP contribution in [0.1, 0.15) is 44.1 Å². The van der Waals surface area contributed by atoms with E-state index in [0.717, 1.165) is 31.9 Å². The predicted molar refractivity (Wildman–Crippen MR) is 97.2 cm³/mol. The van der Waals surface area contributed by atoms with Gasteiger partial charge >= 0.3 is 5.97 Å². The number of hydrogen-bond donors (Lipinski definition) is 2. The lowest BCUT2D eigenvalue weighted by Crippen LogP contribution is -2.49. The van der Waals surface area contributed by atoms with Crippen LogP contribution in [0.2, 0.25) is 0 Å². The van der Waals surface area contributed by atoms with Crippen molar-refractivity contribution in [3.05, 3.63) is 35.9 Å². The van der Waals surface area contributed by atoms with Gasteiger partial charge in [-0.25, -0.2) is 0 Å². The van der Waals surface area contributed by atoms with Gasteiger partial charge in [-0.05, 0) is 31.2 Å². The van der Waals surface area contributed by atoms with Crippen LogP contribution in [0.25, 0.3) is 0 Å². The van der Waals surface area contributed by atoms with E-state index in [1.165, 1.54) is 31.9 Å². The number of aliphatic imine (C=N–C) groups is 1. The van der Waals surface area contributed by atoms with E-state index in [1.54, 1.807) is 7.05 Å². The van der Waals surface area contributed by atoms with Crippen molar-refractivity contribution < 1.29 is 9.53 Å². The molecule has 1 aromatic rings. The van der Waals surface area contributed by atoms with E-state index in [9.17, 15) is 4.79 Å². The fourth-order valence-corrected chi connectivity index (χ4v) is 3.14. The molecule has 0 bridgehead atoms. The maximum atomic E-state index is 11.1. The van der Waals surface area contributed by atoms with Crippen molar-refractivity contribution in [3.8, 4) is 0 Å². The van der Waals surface area contributed by atoms with Gasteiger partial charge in [0.05, 0.1) is 7.11 Å². The summed E-state index contributed by atoms with van der Waals surface area (Å²) in [7, 11) is 3.22. The van der Waals surface area contributed by atoms with Gasteiger partial charge in [-0.2, -0.15) is 0 Å². The van der Waals surface area contributed by atoms with Crippen LogP contribution in [-0.2, 0) is 14.9 Å². The summed E-state index contributed by atoms with van der Waals surface area (Å²) in [6, 6.07) is 10.7. The standard InChI is InChI=1S/C19H29N3O2/c1-20-18(21-14-7-6-11-17(23)24-2)22-15-19(12-8-13-19)16-9-4-3-5-10-16/h3-5,9-10H,6-8,11-15H2,1-2H3,(H2,20,21,22). The fraction of sp³-hybridized carbons (Fsp3) is 0.579. The SMILES string of the molecule is CN=C(NCCCCC(=O)OC)NCC1(c2ccccc2)CCC1. The molecule has 2 rings (SSSR count). The molecule has 0 atom stereocenters. The Kier molecular flexibility index (Phi) is 7.09. The van der Waals surface area contributed by atoms with Gasteiger partial charge in [-0.15, -0.1) is 0 Å². The number of hydrogen-bond acceptors (Lipinski definition) is 3. The number of esters is 1. The monoisotopic (exact) mass is 331 g/mol. The van der Waals surface area contributed by atoms with E-state index in [4.69, 9.17) is 0 Å². The summed E-state index contributed by atoms with van der Waals surface area (Å²) in [6.45, 7) is 1.70. The van der Waals surface area contributed by atoms with Gasteiger partial charge < -0.3 is 15.4 Å². The number of unbranched alkanes of at least 4 members (excludes halogenated alkanes) is 1. The van der Waals surface area contributed by atoms with Crippen molar-refractivity contribution in [1.82, 2.24) is 10.6 Å². The van der Waals surface area contributed by atoms with Gasteiger partial charge in [0, 0.05) is 32.0 Å². The van der Waals surface area contributed by atoms with Crippen LogP contribution in [0.4, 0.5) is 0 Å². The molecule has 0 amide bonds. The number of benzene rings is 1. The Bertz CT molecular complexity index is 539. The summed E-state index contributed by atoms with van der Waals surface area (Å²) in [6.07, 6.45) is 5.95. The molecule has 0 heterocycles. The van der Waals surface area contributed by atoms with Gasteiger partial charge in [0.15, 0.2) is 5.96 Å². The number of carbonyl (C=O) groups excluding carboxylic acids is 1. The molecule has 0 saturated heterocycles. The number of rotatable bonds is 8. The quantitative estimate of drug-likeness (QED) is 0.333. The maximum Gasteiger partial charge on any atom is 0.305 e. The van der Waals surface area contributed by atoms with Crippen LogP contribution in [0, 0.1) is 0 Å². The van der Waals surface area contributed by atoms with Gasteiger partial charge in [0.1, 0.15) is 0 Å². The first-order chi connectivity index (χ1) is 11.7. The van der Waals surface area contributed by atoms with Crippen LogP contribution in [0.5, 0.6) is 0 Å². The summed E-state index contributed by atoms with van der Waals surface area (Å²) in [4.78, 5) is 15.4. The van der Waals surface area contributed by atoms with E-state index < -0.39 is 0 Å². The molecule has 1 saturated carbocycles. The van der Waals surface area contributed by atoms with Crippen LogP contribution in [0.3, 0.4) is 0 Å². The third kappa shape index (κ3) is 4.98. The summed E-state index contributed by atoms with van der Waals surface area (Å²) in [5.74, 6) is 0.683. The average molecular weight is 331 g/mol. The molecule has 132 valence electrons. The molecule has 1 aromatic carbocycles. The zero-order chi connectivity index (χ0) is 17.3. The van der Waals surface area contributed by atoms with Gasteiger partial charge in [-0.1, -0.05) is 36.8 Å². The molecular formula is C19H29N3O2. The molecule has 1 aliphatic carbocycles. The summed E-state index contributed by atoms with van der Waals surface area (Å²) < 4.78 is 4.64. The Balaban J connectivity index is 1.74. The minimum atomic E-state index is -0.146. The van der Waals surface area contributed by atoms with Crippen molar-refractivity contribution in [1.29, 1.82) is 0 Å². The summed E-state index contributed by atoms with van der Waals surface area (Å²) in [5.41, 5.74) is 1.65. The van der Waals surface area contributed by atoms with Crippen molar-refractivity contribution in [2.24, 2.45) is 4.99 Å². The lowest BCUT2D eigenvalue weighted by atomic mass is 9.64. The fourth-order valence-electron chi connectivity index (χ4n) is 3.14. The first-order valence-corrected chi connectivity index (χ1v) is 8.77. The van der Waals surface area contributed by atoms with Crippen LogP contribution in [0.15, 0.2) is 35.3 Å². The zero-order valence-corrected chi connectivity index (χ0v) is 14.8. The zero-order valence-electron chi connectivity index (χ0n) is 14.8. The highest BCUT2D eigenvalue weighted by atomic mass is 16.5. The van der Waals surface area contributed by atoms with E-state index in [1.807, 2.05) is 0 Å². The number of guanidine groups is 1. The van der Waals surface area contributed by atoms with E-state index >= 15 is 0 Å². The first kappa shape index (κ1) is 18.3. The number of carbonyl (C=O) groups is 1. The highest BCUT2D eigenvalue weighted by molar-refractivity contribution is 5.79. The molecule has 24 heavy (non-hydrogen) atoms. The van der Waals surface area contributed by atoms with E-state index in [-0.39, 0.29) is 11.4 Å². The Morgan fingerprint density at radius 2 is 1.96 bits per heavy atom. The van der Waals surface area contributed by atoms with Crippen LogP contribution >= 0.6 is 0 Å². The largest absolute Gasteiger partial charge is 0.469 e. The second-order valence-electron chi connectivity index (χ2n) is 6.39. The summed E-state index contributed by atoms with van der Waals surface area (Å²) >= 11 is 0. The molecule has 0 aliphatic heterocycles. The topological polar surface area (TPSA) is 62.7 Å². The number of nitrogens with zero attached hydrogens (tertiary/aromatic N) is 1. The normalized spacial score (nSPS) is 16.2. The molecule has 0 aromatic heterocycles. The minimum Gasteiger partial charge on any atom is -0.469 e. The lowest BCUT2D eigenvalue weighted by Gasteiger charge is -2.43. The molecule has 5 heteroatoms. The van der Waals surface area contributed by atoms with Crippen LogP contribution < -0.4 is 10.6 Å². The third-order valence-electron chi connectivity index (χ3n) is 4.84. The molecule has 0 spiro atoms. The van der Waals surface area contributed by atoms with Crippen LogP contribution in [-0.4, -0.2) is 39.2 Å². The summed E-state index contributed by atoms with van der Waals surface area (Å²) in [5, 5.41) is 6.79. The molecule has 1 fully saturated rings. The number of nitrogens with one attached hydrogen (secondary N) is 2. The highest BCUT2D eigenvalue weighted by Gasteiger charge is 2.38. The highest BCUT2D eigenvalue weighted by Crippen LogP contribution is 2.43. The molecule has 5 nitrogen and oxygen atoms in total. The second-order valence-corrected chi connectivity index (χ2v) is 6.39. The van der Waals surface area contributed by atoms with Crippen molar-refractivity contribution in [2.45, 2.75) is 43.9 Å². The van der Waals surface area contributed by atoms with E-state index in [0.29, 0.717) is 6.42 Å². The Hall–Kier alpha value is -2.04. The Morgan fingerprint density at radius 1 is 1.21 bits per heavy atom. The number of methoxy groups -OCH3 is 1. The van der Waals surface area contributed by atoms with Crippen molar-refractivity contribution >= 4 is 11.9 Å². The van der Waals surface area contributed by atoms with Gasteiger partial charge in [0.25, 0.3) is 0 Å². The van der Waals surface area contributed by atoms with Gasteiger partial charge in [-0.3, -0.25) is 9.79 Å². The lowest BCUT2D eigenvalue weighted by molar-refractivity contribution is -0.140.